The van der Waals surface area contributed by atoms with Crippen molar-refractivity contribution in [3.05, 3.63) is 28.2 Å². The van der Waals surface area contributed by atoms with E-state index in [9.17, 15) is 4.79 Å². The summed E-state index contributed by atoms with van der Waals surface area (Å²) in [5.74, 6) is 0. The third-order valence-electron chi connectivity index (χ3n) is 2.86. The van der Waals surface area contributed by atoms with E-state index in [1.54, 1.807) is 23.1 Å². The monoisotopic (exact) mass is 317 g/mol. The Kier molecular flexibility index (Phi) is 4.85. The number of thiocarbonyl (C=S) groups is 1. The Hall–Kier alpha value is -1.04. The molecule has 0 bridgehead atoms. The zero-order valence-corrected chi connectivity index (χ0v) is 12.4. The number of hydrogen-bond donors (Lipinski definition) is 1. The molecule has 0 saturated carbocycles. The van der Waals surface area contributed by atoms with Crippen molar-refractivity contribution < 1.29 is 4.79 Å². The number of carbonyl (C=O) groups excluding carboxylic acids is 1. The highest BCUT2D eigenvalue weighted by molar-refractivity contribution is 7.80. The Labute approximate surface area is 127 Å². The zero-order chi connectivity index (χ0) is 13.8. The van der Waals surface area contributed by atoms with Crippen molar-refractivity contribution >= 4 is 52.6 Å². The molecule has 4 nitrogen and oxygen atoms in total. The highest BCUT2D eigenvalue weighted by Crippen LogP contribution is 2.22. The number of benzene rings is 1. The summed E-state index contributed by atoms with van der Waals surface area (Å²) in [6.45, 7) is 2.81. The maximum absolute atomic E-state index is 10.6. The number of amides is 1. The average Bonchev–Trinajstić information content (AvgIpc) is 2.37. The van der Waals surface area contributed by atoms with Crippen LogP contribution < -0.4 is 5.32 Å². The third kappa shape index (κ3) is 3.96. The highest BCUT2D eigenvalue weighted by Gasteiger charge is 2.17. The fourth-order valence-corrected chi connectivity index (χ4v) is 2.69. The van der Waals surface area contributed by atoms with E-state index in [1.165, 1.54) is 0 Å². The van der Waals surface area contributed by atoms with Crippen molar-refractivity contribution in [2.75, 3.05) is 31.5 Å². The van der Waals surface area contributed by atoms with Gasteiger partial charge in [0.25, 0.3) is 0 Å². The van der Waals surface area contributed by atoms with Crippen LogP contribution in [-0.4, -0.2) is 47.5 Å². The second-order valence-corrected chi connectivity index (χ2v) is 5.48. The Bertz CT molecular complexity index is 470. The molecule has 1 aliphatic heterocycles. The van der Waals surface area contributed by atoms with Gasteiger partial charge in [-0.05, 0) is 30.4 Å². The van der Waals surface area contributed by atoms with Crippen LogP contribution in [0.15, 0.2) is 18.2 Å². The Morgan fingerprint density at radius 3 is 2.26 bits per heavy atom. The van der Waals surface area contributed by atoms with E-state index in [0.29, 0.717) is 28.2 Å². The van der Waals surface area contributed by atoms with E-state index in [1.807, 2.05) is 4.90 Å². The van der Waals surface area contributed by atoms with Crippen molar-refractivity contribution in [1.82, 2.24) is 9.80 Å². The molecule has 1 saturated heterocycles. The molecule has 2 rings (SSSR count). The van der Waals surface area contributed by atoms with E-state index >= 15 is 0 Å². The molecule has 1 N–H and O–H groups in total. The van der Waals surface area contributed by atoms with E-state index in [4.69, 9.17) is 35.4 Å². The molecule has 1 amide bonds. The summed E-state index contributed by atoms with van der Waals surface area (Å²) in [6, 6.07) is 5.20. The van der Waals surface area contributed by atoms with E-state index in [2.05, 4.69) is 5.32 Å². The fourth-order valence-electron chi connectivity index (χ4n) is 1.86. The van der Waals surface area contributed by atoms with Crippen molar-refractivity contribution in [2.45, 2.75) is 0 Å². The molecule has 0 atom stereocenters. The first-order chi connectivity index (χ1) is 9.08. The SMILES string of the molecule is O=CN1CCN(C(=S)Nc2cc(Cl)cc(Cl)c2)CC1. The summed E-state index contributed by atoms with van der Waals surface area (Å²) in [5.41, 5.74) is 0.764. The van der Waals surface area contributed by atoms with Crippen molar-refractivity contribution in [2.24, 2.45) is 0 Å². The quantitative estimate of drug-likeness (QED) is 0.671. The first kappa shape index (κ1) is 14.4. The van der Waals surface area contributed by atoms with E-state index < -0.39 is 0 Å². The number of hydrogen-bond acceptors (Lipinski definition) is 2. The number of piperazine rings is 1. The second kappa shape index (κ2) is 6.41. The van der Waals surface area contributed by atoms with Crippen molar-refractivity contribution in [3.63, 3.8) is 0 Å². The van der Waals surface area contributed by atoms with Crippen molar-refractivity contribution in [1.29, 1.82) is 0 Å². The topological polar surface area (TPSA) is 35.6 Å². The molecule has 0 unspecified atom stereocenters. The molecule has 19 heavy (non-hydrogen) atoms. The standard InChI is InChI=1S/C12H13Cl2N3OS/c13-9-5-10(14)7-11(6-9)15-12(19)17-3-1-16(8-18)2-4-17/h5-8H,1-4H2,(H,15,19). The largest absolute Gasteiger partial charge is 0.345 e. The van der Waals surface area contributed by atoms with Crippen LogP contribution in [0.1, 0.15) is 0 Å². The molecule has 0 spiro atoms. The first-order valence-corrected chi connectivity index (χ1v) is 6.96. The second-order valence-electron chi connectivity index (χ2n) is 4.22. The van der Waals surface area contributed by atoms with Crippen LogP contribution in [0.4, 0.5) is 5.69 Å². The minimum absolute atomic E-state index is 0.559. The van der Waals surface area contributed by atoms with Crippen LogP contribution in [0.5, 0.6) is 0 Å². The van der Waals surface area contributed by atoms with Crippen LogP contribution in [0.25, 0.3) is 0 Å². The van der Waals surface area contributed by atoms with Gasteiger partial charge in [-0.1, -0.05) is 23.2 Å². The summed E-state index contributed by atoms with van der Waals surface area (Å²) in [6.07, 6.45) is 0.866. The molecule has 1 aromatic rings. The van der Waals surface area contributed by atoms with Gasteiger partial charge >= 0.3 is 0 Å². The van der Waals surface area contributed by atoms with E-state index in [-0.39, 0.29) is 0 Å². The molecule has 1 fully saturated rings. The normalized spacial score (nSPS) is 15.3. The summed E-state index contributed by atoms with van der Waals surface area (Å²) in [4.78, 5) is 14.4. The van der Waals surface area contributed by atoms with Gasteiger partial charge in [0.1, 0.15) is 0 Å². The van der Waals surface area contributed by atoms with Crippen LogP contribution >= 0.6 is 35.4 Å². The molecule has 102 valence electrons. The van der Waals surface area contributed by atoms with Crippen LogP contribution in [0.2, 0.25) is 10.0 Å². The minimum Gasteiger partial charge on any atom is -0.345 e. The molecule has 7 heteroatoms. The van der Waals surface area contributed by atoms with Gasteiger partial charge in [-0.25, -0.2) is 0 Å². The predicted octanol–water partition coefficient (Wildman–Crippen LogP) is 2.46. The highest BCUT2D eigenvalue weighted by atomic mass is 35.5. The lowest BCUT2D eigenvalue weighted by molar-refractivity contribution is -0.119. The summed E-state index contributed by atoms with van der Waals surface area (Å²) < 4.78 is 0. The lowest BCUT2D eigenvalue weighted by Gasteiger charge is -2.34. The molecule has 1 heterocycles. The molecule has 0 aliphatic carbocycles. The van der Waals surface area contributed by atoms with Crippen molar-refractivity contribution in [3.8, 4) is 0 Å². The summed E-state index contributed by atoms with van der Waals surface area (Å²) >= 11 is 17.2. The molecular weight excluding hydrogens is 305 g/mol. The van der Waals surface area contributed by atoms with Gasteiger partial charge in [0.05, 0.1) is 0 Å². The summed E-state index contributed by atoms with van der Waals surface area (Å²) in [7, 11) is 0. The van der Waals surface area contributed by atoms with Crippen LogP contribution in [0, 0.1) is 0 Å². The smallest absolute Gasteiger partial charge is 0.209 e. The van der Waals surface area contributed by atoms with Gasteiger partial charge < -0.3 is 15.1 Å². The van der Waals surface area contributed by atoms with Gasteiger partial charge in [-0.3, -0.25) is 4.79 Å². The van der Waals surface area contributed by atoms with E-state index in [0.717, 1.165) is 25.2 Å². The number of rotatable bonds is 2. The van der Waals surface area contributed by atoms with Crippen LogP contribution in [-0.2, 0) is 4.79 Å². The van der Waals surface area contributed by atoms with Crippen LogP contribution in [0.3, 0.4) is 0 Å². The number of nitrogens with zero attached hydrogens (tertiary/aromatic N) is 2. The van der Waals surface area contributed by atoms with Gasteiger partial charge in [0.2, 0.25) is 6.41 Å². The molecule has 0 aromatic heterocycles. The number of nitrogens with one attached hydrogen (secondary N) is 1. The lowest BCUT2D eigenvalue weighted by Crippen LogP contribution is -2.49. The maximum atomic E-state index is 10.6. The molecule has 1 aromatic carbocycles. The molecule has 0 radical (unpaired) electrons. The lowest BCUT2D eigenvalue weighted by atomic mass is 10.3. The maximum Gasteiger partial charge on any atom is 0.209 e. The van der Waals surface area contributed by atoms with Gasteiger partial charge in [0, 0.05) is 41.9 Å². The summed E-state index contributed by atoms with van der Waals surface area (Å²) in [5, 5.41) is 4.84. The Morgan fingerprint density at radius 1 is 1.16 bits per heavy atom. The zero-order valence-electron chi connectivity index (χ0n) is 10.1. The average molecular weight is 318 g/mol. The number of halogens is 2. The van der Waals surface area contributed by atoms with Gasteiger partial charge in [-0.2, -0.15) is 0 Å². The Morgan fingerprint density at radius 2 is 1.74 bits per heavy atom. The van der Waals surface area contributed by atoms with Gasteiger partial charge in [-0.15, -0.1) is 0 Å². The number of anilines is 1. The first-order valence-electron chi connectivity index (χ1n) is 5.80. The molecular formula is C12H13Cl2N3OS. The third-order valence-corrected chi connectivity index (χ3v) is 3.66. The molecule has 1 aliphatic rings. The Balaban J connectivity index is 1.96. The predicted molar refractivity (Wildman–Crippen MR) is 81.9 cm³/mol. The minimum atomic E-state index is 0.559. The van der Waals surface area contributed by atoms with Gasteiger partial charge in [0.15, 0.2) is 5.11 Å². The fraction of sp³-hybridized carbons (Fsp3) is 0.333. The number of carbonyl (C=O) groups is 1.